The van der Waals surface area contributed by atoms with E-state index in [9.17, 15) is 0 Å². The van der Waals surface area contributed by atoms with E-state index in [1.54, 1.807) is 0 Å². The van der Waals surface area contributed by atoms with Crippen molar-refractivity contribution in [3.63, 3.8) is 0 Å². The van der Waals surface area contributed by atoms with Gasteiger partial charge in [0.2, 0.25) is 0 Å². The molecule has 0 amide bonds. The summed E-state index contributed by atoms with van der Waals surface area (Å²) in [5.74, 6) is -0.0960. The maximum absolute atomic E-state index is 3.76. The molecule has 3 N–H and O–H groups in total. The highest BCUT2D eigenvalue weighted by Crippen LogP contribution is 2.08. The molecular weight excluding hydrogens is 186 g/mol. The molecule has 0 fully saturated rings. The molecule has 0 rings (SSSR count). The zero-order chi connectivity index (χ0) is 11.6. The SMILES string of the molecule is C=CCCCC(NCC)(NCC)NCC. The van der Waals surface area contributed by atoms with Crippen LogP contribution in [0.15, 0.2) is 12.7 Å². The summed E-state index contributed by atoms with van der Waals surface area (Å²) < 4.78 is 0. The predicted octanol–water partition coefficient (Wildman–Crippen LogP) is 1.82. The lowest BCUT2D eigenvalue weighted by atomic mass is 10.1. The second-order valence-corrected chi connectivity index (χ2v) is 3.68. The van der Waals surface area contributed by atoms with E-state index in [0.29, 0.717) is 0 Å². The molecule has 90 valence electrons. The molecule has 0 radical (unpaired) electrons. The molecule has 0 bridgehead atoms. The first-order valence-electron chi connectivity index (χ1n) is 6.10. The van der Waals surface area contributed by atoms with Gasteiger partial charge < -0.3 is 0 Å². The molecule has 0 aromatic rings. The van der Waals surface area contributed by atoms with Crippen LogP contribution >= 0.6 is 0 Å². The Kier molecular flexibility index (Phi) is 8.67. The number of unbranched alkanes of at least 4 members (excludes halogenated alkanes) is 1. The molecule has 0 atom stereocenters. The first-order chi connectivity index (χ1) is 7.24. The third-order valence-electron chi connectivity index (χ3n) is 2.40. The van der Waals surface area contributed by atoms with Crippen molar-refractivity contribution in [1.29, 1.82) is 0 Å². The van der Waals surface area contributed by atoms with Gasteiger partial charge >= 0.3 is 0 Å². The van der Waals surface area contributed by atoms with Crippen molar-refractivity contribution in [1.82, 2.24) is 16.0 Å². The molecule has 0 unspecified atom stereocenters. The second kappa shape index (κ2) is 8.89. The van der Waals surface area contributed by atoms with Crippen LogP contribution in [0, 0.1) is 0 Å². The fraction of sp³-hybridized carbons (Fsp3) is 0.833. The van der Waals surface area contributed by atoms with E-state index < -0.39 is 0 Å². The molecule has 0 aliphatic carbocycles. The number of nitrogens with one attached hydrogen (secondary N) is 3. The van der Waals surface area contributed by atoms with Gasteiger partial charge in [-0.2, -0.15) is 0 Å². The van der Waals surface area contributed by atoms with Gasteiger partial charge in [-0.3, -0.25) is 16.0 Å². The second-order valence-electron chi connectivity index (χ2n) is 3.68. The third kappa shape index (κ3) is 5.92. The highest BCUT2D eigenvalue weighted by Gasteiger charge is 2.25. The van der Waals surface area contributed by atoms with Crippen molar-refractivity contribution in [2.24, 2.45) is 0 Å². The van der Waals surface area contributed by atoms with Crippen LogP contribution in [0.2, 0.25) is 0 Å². The molecule has 0 aliphatic heterocycles. The highest BCUT2D eigenvalue weighted by molar-refractivity contribution is 4.82. The lowest BCUT2D eigenvalue weighted by Crippen LogP contribution is -2.66. The van der Waals surface area contributed by atoms with Gasteiger partial charge in [0.1, 0.15) is 5.79 Å². The van der Waals surface area contributed by atoms with Gasteiger partial charge in [-0.05, 0) is 38.9 Å². The molecule has 0 saturated heterocycles. The minimum Gasteiger partial charge on any atom is -0.287 e. The number of allylic oxidation sites excluding steroid dienone is 1. The molecule has 3 nitrogen and oxygen atoms in total. The molecule has 15 heavy (non-hydrogen) atoms. The quantitative estimate of drug-likeness (QED) is 0.294. The minimum absolute atomic E-state index is 0.0960. The third-order valence-corrected chi connectivity index (χ3v) is 2.40. The first-order valence-corrected chi connectivity index (χ1v) is 6.10. The number of rotatable bonds is 10. The van der Waals surface area contributed by atoms with Crippen LogP contribution in [0.3, 0.4) is 0 Å². The smallest absolute Gasteiger partial charge is 0.123 e. The van der Waals surface area contributed by atoms with Crippen molar-refractivity contribution < 1.29 is 0 Å². The Morgan fingerprint density at radius 1 is 1.00 bits per heavy atom. The van der Waals surface area contributed by atoms with Gasteiger partial charge in [0.15, 0.2) is 0 Å². The molecule has 0 aromatic heterocycles. The Morgan fingerprint density at radius 2 is 1.47 bits per heavy atom. The molecule has 0 aromatic carbocycles. The summed E-state index contributed by atoms with van der Waals surface area (Å²) in [5.41, 5.74) is 0. The summed E-state index contributed by atoms with van der Waals surface area (Å²) in [4.78, 5) is 0. The molecule has 3 heteroatoms. The van der Waals surface area contributed by atoms with Crippen LogP contribution in [0.1, 0.15) is 40.0 Å². The summed E-state index contributed by atoms with van der Waals surface area (Å²) >= 11 is 0. The van der Waals surface area contributed by atoms with Crippen molar-refractivity contribution in [3.8, 4) is 0 Å². The first kappa shape index (κ1) is 14.6. The lowest BCUT2D eigenvalue weighted by molar-refractivity contribution is 0.189. The van der Waals surface area contributed by atoms with Gasteiger partial charge in [-0.15, -0.1) is 6.58 Å². The predicted molar refractivity (Wildman–Crippen MR) is 67.8 cm³/mol. The lowest BCUT2D eigenvalue weighted by Gasteiger charge is -2.36. The Morgan fingerprint density at radius 3 is 1.80 bits per heavy atom. The Balaban J connectivity index is 4.24. The Hall–Kier alpha value is -0.380. The standard InChI is InChI=1S/C12H27N3/c1-5-9-10-11-12(13-6-2,14-7-3)15-8-4/h5,13-15H,1,6-11H2,2-4H3. The fourth-order valence-corrected chi connectivity index (χ4v) is 1.87. The summed E-state index contributed by atoms with van der Waals surface area (Å²) in [6, 6.07) is 0. The molecular formula is C12H27N3. The summed E-state index contributed by atoms with van der Waals surface area (Å²) in [6.07, 6.45) is 5.28. The van der Waals surface area contributed by atoms with E-state index in [2.05, 4.69) is 43.3 Å². The fourth-order valence-electron chi connectivity index (χ4n) is 1.87. The topological polar surface area (TPSA) is 36.1 Å². The molecule has 0 aliphatic rings. The van der Waals surface area contributed by atoms with Crippen LogP contribution in [0.5, 0.6) is 0 Å². The van der Waals surface area contributed by atoms with Crippen molar-refractivity contribution in [2.45, 2.75) is 45.8 Å². The van der Waals surface area contributed by atoms with E-state index in [1.807, 2.05) is 6.08 Å². The van der Waals surface area contributed by atoms with Crippen LogP contribution < -0.4 is 16.0 Å². The largest absolute Gasteiger partial charge is 0.287 e. The molecule has 0 spiro atoms. The zero-order valence-electron chi connectivity index (χ0n) is 10.5. The van der Waals surface area contributed by atoms with E-state index >= 15 is 0 Å². The normalized spacial score (nSPS) is 11.7. The van der Waals surface area contributed by atoms with E-state index in [1.165, 1.54) is 0 Å². The van der Waals surface area contributed by atoms with Crippen LogP contribution in [0.4, 0.5) is 0 Å². The van der Waals surface area contributed by atoms with E-state index in [0.717, 1.165) is 38.9 Å². The van der Waals surface area contributed by atoms with Crippen molar-refractivity contribution in [3.05, 3.63) is 12.7 Å². The van der Waals surface area contributed by atoms with Crippen LogP contribution in [-0.4, -0.2) is 25.4 Å². The molecule has 0 heterocycles. The summed E-state index contributed by atoms with van der Waals surface area (Å²) in [6.45, 7) is 13.1. The van der Waals surface area contributed by atoms with Gasteiger partial charge in [0, 0.05) is 0 Å². The van der Waals surface area contributed by atoms with Gasteiger partial charge in [0.05, 0.1) is 0 Å². The monoisotopic (exact) mass is 213 g/mol. The van der Waals surface area contributed by atoms with Crippen molar-refractivity contribution in [2.75, 3.05) is 19.6 Å². The summed E-state index contributed by atoms with van der Waals surface area (Å²) in [7, 11) is 0. The van der Waals surface area contributed by atoms with E-state index in [-0.39, 0.29) is 5.79 Å². The highest BCUT2D eigenvalue weighted by atomic mass is 15.3. The average molecular weight is 213 g/mol. The van der Waals surface area contributed by atoms with E-state index in [4.69, 9.17) is 0 Å². The van der Waals surface area contributed by atoms with Crippen LogP contribution in [0.25, 0.3) is 0 Å². The molecule has 0 saturated carbocycles. The Labute approximate surface area is 94.7 Å². The van der Waals surface area contributed by atoms with Crippen LogP contribution in [-0.2, 0) is 0 Å². The number of hydrogen-bond acceptors (Lipinski definition) is 3. The van der Waals surface area contributed by atoms with Crippen molar-refractivity contribution >= 4 is 0 Å². The number of hydrogen-bond donors (Lipinski definition) is 3. The minimum atomic E-state index is -0.0960. The van der Waals surface area contributed by atoms with Gasteiger partial charge in [-0.1, -0.05) is 26.8 Å². The zero-order valence-corrected chi connectivity index (χ0v) is 10.5. The van der Waals surface area contributed by atoms with Gasteiger partial charge in [0.25, 0.3) is 0 Å². The Bertz CT molecular complexity index is 140. The summed E-state index contributed by atoms with van der Waals surface area (Å²) in [5, 5.41) is 10.5. The maximum Gasteiger partial charge on any atom is 0.123 e. The van der Waals surface area contributed by atoms with Gasteiger partial charge in [-0.25, -0.2) is 0 Å². The maximum atomic E-state index is 3.76. The average Bonchev–Trinajstić information content (AvgIpc) is 2.19.